The van der Waals surface area contributed by atoms with Crippen molar-refractivity contribution in [3.8, 4) is 10.6 Å². The summed E-state index contributed by atoms with van der Waals surface area (Å²) in [5.74, 6) is -0.192. The Hall–Kier alpha value is -1.22. The molecule has 16 heavy (non-hydrogen) atoms. The molecule has 0 unspecified atom stereocenters. The van der Waals surface area contributed by atoms with Crippen molar-refractivity contribution in [2.45, 2.75) is 26.7 Å². The molecule has 0 aliphatic carbocycles. The van der Waals surface area contributed by atoms with Crippen LogP contribution in [0.15, 0.2) is 23.6 Å². The molecule has 1 heterocycles. The van der Waals surface area contributed by atoms with Gasteiger partial charge in [0.2, 0.25) is 0 Å². The van der Waals surface area contributed by atoms with Crippen molar-refractivity contribution < 1.29 is 4.39 Å². The molecule has 84 valence electrons. The molecule has 3 heteroatoms. The molecule has 0 aliphatic rings. The Kier molecular flexibility index (Phi) is 3.34. The van der Waals surface area contributed by atoms with E-state index < -0.39 is 0 Å². The maximum absolute atomic E-state index is 13.6. The van der Waals surface area contributed by atoms with Crippen LogP contribution in [0.5, 0.6) is 0 Å². The maximum Gasteiger partial charge on any atom is 0.133 e. The second kappa shape index (κ2) is 4.74. The predicted octanol–water partition coefficient (Wildman–Crippen LogP) is 4.21. The molecule has 0 spiro atoms. The molecule has 0 atom stereocenters. The molecule has 2 rings (SSSR count). The highest BCUT2D eigenvalue weighted by atomic mass is 32.1. The van der Waals surface area contributed by atoms with Crippen LogP contribution in [0.1, 0.15) is 24.6 Å². The number of halogens is 1. The molecule has 0 N–H and O–H groups in total. The fourth-order valence-electron chi connectivity index (χ4n) is 1.60. The van der Waals surface area contributed by atoms with Gasteiger partial charge in [-0.15, -0.1) is 11.3 Å². The van der Waals surface area contributed by atoms with E-state index in [0.29, 0.717) is 5.56 Å². The lowest BCUT2D eigenvalue weighted by Gasteiger charge is -2.00. The van der Waals surface area contributed by atoms with Crippen LogP contribution in [0.4, 0.5) is 4.39 Å². The van der Waals surface area contributed by atoms with Crippen molar-refractivity contribution in [1.29, 1.82) is 0 Å². The Morgan fingerprint density at radius 3 is 2.94 bits per heavy atom. The number of benzene rings is 1. The molecule has 1 aromatic heterocycles. The lowest BCUT2D eigenvalue weighted by atomic mass is 10.1. The Morgan fingerprint density at radius 2 is 2.19 bits per heavy atom. The summed E-state index contributed by atoms with van der Waals surface area (Å²) in [4.78, 5) is 4.45. The smallest absolute Gasteiger partial charge is 0.133 e. The number of hydrogen-bond donors (Lipinski definition) is 0. The molecule has 1 aromatic carbocycles. The summed E-state index contributed by atoms with van der Waals surface area (Å²) >= 11 is 1.51. The van der Waals surface area contributed by atoms with E-state index in [4.69, 9.17) is 0 Å². The van der Waals surface area contributed by atoms with Gasteiger partial charge in [-0.2, -0.15) is 0 Å². The average Bonchev–Trinajstić information content (AvgIpc) is 2.71. The van der Waals surface area contributed by atoms with E-state index in [0.717, 1.165) is 29.1 Å². The molecule has 0 aliphatic heterocycles. The quantitative estimate of drug-likeness (QED) is 0.776. The maximum atomic E-state index is 13.6. The van der Waals surface area contributed by atoms with E-state index in [1.807, 2.05) is 18.4 Å². The number of rotatable bonds is 3. The van der Waals surface area contributed by atoms with Gasteiger partial charge in [0.1, 0.15) is 10.8 Å². The zero-order valence-corrected chi connectivity index (χ0v) is 10.3. The lowest BCUT2D eigenvalue weighted by Crippen LogP contribution is -1.87. The van der Waals surface area contributed by atoms with Crippen molar-refractivity contribution in [3.05, 3.63) is 40.7 Å². The van der Waals surface area contributed by atoms with Gasteiger partial charge in [-0.25, -0.2) is 9.37 Å². The van der Waals surface area contributed by atoms with Crippen LogP contribution >= 0.6 is 11.3 Å². The van der Waals surface area contributed by atoms with Crippen LogP contribution in [0, 0.1) is 12.7 Å². The standard InChI is InChI=1S/C13H14FNS/c1-3-4-10-8-16-13(15-10)11-7-9(2)5-6-12(11)14/h5-8H,3-4H2,1-2H3. The van der Waals surface area contributed by atoms with Crippen LogP contribution in [-0.2, 0) is 6.42 Å². The number of thiazole rings is 1. The lowest BCUT2D eigenvalue weighted by molar-refractivity contribution is 0.630. The van der Waals surface area contributed by atoms with Gasteiger partial charge in [-0.1, -0.05) is 25.0 Å². The van der Waals surface area contributed by atoms with Crippen LogP contribution in [-0.4, -0.2) is 4.98 Å². The van der Waals surface area contributed by atoms with Crippen molar-refractivity contribution in [1.82, 2.24) is 4.98 Å². The van der Waals surface area contributed by atoms with Gasteiger partial charge in [-0.05, 0) is 25.5 Å². The van der Waals surface area contributed by atoms with E-state index in [1.165, 1.54) is 17.4 Å². The Balaban J connectivity index is 2.38. The summed E-state index contributed by atoms with van der Waals surface area (Å²) < 4.78 is 13.6. The van der Waals surface area contributed by atoms with Crippen molar-refractivity contribution in [3.63, 3.8) is 0 Å². The van der Waals surface area contributed by atoms with Gasteiger partial charge in [0, 0.05) is 10.9 Å². The molecule has 0 saturated heterocycles. The first kappa shape index (κ1) is 11.3. The molecule has 0 saturated carbocycles. The summed E-state index contributed by atoms with van der Waals surface area (Å²) in [5, 5.41) is 2.80. The summed E-state index contributed by atoms with van der Waals surface area (Å²) in [6.45, 7) is 4.08. The minimum atomic E-state index is -0.192. The number of aryl methyl sites for hydroxylation is 2. The van der Waals surface area contributed by atoms with Crippen LogP contribution in [0.25, 0.3) is 10.6 Å². The van der Waals surface area contributed by atoms with Crippen molar-refractivity contribution >= 4 is 11.3 Å². The minimum absolute atomic E-state index is 0.192. The molecule has 2 aromatic rings. The van der Waals surface area contributed by atoms with E-state index in [2.05, 4.69) is 11.9 Å². The first-order valence-corrected chi connectivity index (χ1v) is 6.29. The van der Waals surface area contributed by atoms with Crippen molar-refractivity contribution in [2.75, 3.05) is 0 Å². The summed E-state index contributed by atoms with van der Waals surface area (Å²) in [6, 6.07) is 5.13. The SMILES string of the molecule is CCCc1csc(-c2cc(C)ccc2F)n1. The molecule has 0 amide bonds. The first-order chi connectivity index (χ1) is 7.70. The number of aromatic nitrogens is 1. The third kappa shape index (κ3) is 2.30. The third-order valence-corrected chi connectivity index (χ3v) is 3.33. The first-order valence-electron chi connectivity index (χ1n) is 5.41. The van der Waals surface area contributed by atoms with Crippen LogP contribution in [0.3, 0.4) is 0 Å². The average molecular weight is 235 g/mol. The third-order valence-electron chi connectivity index (χ3n) is 2.41. The Labute approximate surface area is 99.0 Å². The molecule has 1 nitrogen and oxygen atoms in total. The summed E-state index contributed by atoms with van der Waals surface area (Å²) in [5.41, 5.74) is 2.74. The van der Waals surface area contributed by atoms with E-state index in [1.54, 1.807) is 6.07 Å². The van der Waals surface area contributed by atoms with E-state index in [9.17, 15) is 4.39 Å². The van der Waals surface area contributed by atoms with E-state index >= 15 is 0 Å². The molecular formula is C13H14FNS. The predicted molar refractivity (Wildman–Crippen MR) is 66.2 cm³/mol. The van der Waals surface area contributed by atoms with E-state index in [-0.39, 0.29) is 5.82 Å². The molecular weight excluding hydrogens is 221 g/mol. The fourth-order valence-corrected chi connectivity index (χ4v) is 2.48. The van der Waals surface area contributed by atoms with Gasteiger partial charge < -0.3 is 0 Å². The topological polar surface area (TPSA) is 12.9 Å². The molecule has 0 fully saturated rings. The number of hydrogen-bond acceptors (Lipinski definition) is 2. The zero-order chi connectivity index (χ0) is 11.5. The highest BCUT2D eigenvalue weighted by Gasteiger charge is 2.09. The van der Waals surface area contributed by atoms with Crippen LogP contribution in [0.2, 0.25) is 0 Å². The Bertz CT molecular complexity index is 490. The number of nitrogens with zero attached hydrogens (tertiary/aromatic N) is 1. The van der Waals surface area contributed by atoms with Gasteiger partial charge in [0.05, 0.1) is 5.69 Å². The van der Waals surface area contributed by atoms with Gasteiger partial charge in [0.25, 0.3) is 0 Å². The Morgan fingerprint density at radius 1 is 1.38 bits per heavy atom. The molecule has 0 radical (unpaired) electrons. The van der Waals surface area contributed by atoms with Gasteiger partial charge >= 0.3 is 0 Å². The summed E-state index contributed by atoms with van der Waals surface area (Å²) in [7, 11) is 0. The van der Waals surface area contributed by atoms with Crippen LogP contribution < -0.4 is 0 Å². The van der Waals surface area contributed by atoms with Gasteiger partial charge in [-0.3, -0.25) is 0 Å². The minimum Gasteiger partial charge on any atom is -0.241 e. The summed E-state index contributed by atoms with van der Waals surface area (Å²) in [6.07, 6.45) is 2.03. The molecule has 0 bridgehead atoms. The zero-order valence-electron chi connectivity index (χ0n) is 9.46. The van der Waals surface area contributed by atoms with Crippen molar-refractivity contribution in [2.24, 2.45) is 0 Å². The largest absolute Gasteiger partial charge is 0.241 e. The monoisotopic (exact) mass is 235 g/mol. The highest BCUT2D eigenvalue weighted by molar-refractivity contribution is 7.13. The highest BCUT2D eigenvalue weighted by Crippen LogP contribution is 2.27. The normalized spacial score (nSPS) is 10.7. The second-order valence-corrected chi connectivity index (χ2v) is 4.74. The second-order valence-electron chi connectivity index (χ2n) is 3.88. The fraction of sp³-hybridized carbons (Fsp3) is 0.308. The van der Waals surface area contributed by atoms with Gasteiger partial charge in [0.15, 0.2) is 0 Å².